The van der Waals surface area contributed by atoms with Crippen molar-refractivity contribution in [1.82, 2.24) is 24.3 Å². The number of hydrogen-bond acceptors (Lipinski definition) is 17. The lowest BCUT2D eigenvalue weighted by Gasteiger charge is -2.45. The number of ether oxygens (including phenoxy) is 5. The van der Waals surface area contributed by atoms with Crippen molar-refractivity contribution in [2.45, 2.75) is 61.4 Å². The number of nitrogens with zero attached hydrogens (tertiary/aromatic N) is 5. The van der Waals surface area contributed by atoms with Gasteiger partial charge in [-0.3, -0.25) is 9.36 Å². The van der Waals surface area contributed by atoms with Gasteiger partial charge in [-0.15, -0.1) is 0 Å². The van der Waals surface area contributed by atoms with Crippen molar-refractivity contribution in [3.05, 3.63) is 39.0 Å². The van der Waals surface area contributed by atoms with Gasteiger partial charge in [0.1, 0.15) is 48.8 Å². The number of hydrogen-bond donors (Lipinski definition) is 7. The van der Waals surface area contributed by atoms with E-state index in [1.54, 1.807) is 0 Å². The van der Waals surface area contributed by atoms with Crippen molar-refractivity contribution < 1.29 is 59.4 Å². The van der Waals surface area contributed by atoms with Crippen LogP contribution in [0.1, 0.15) is 0 Å². The van der Waals surface area contributed by atoms with Crippen molar-refractivity contribution in [3.8, 4) is 34.4 Å². The van der Waals surface area contributed by atoms with Crippen LogP contribution < -0.4 is 20.7 Å². The molecule has 0 radical (unpaired) electrons. The van der Waals surface area contributed by atoms with Crippen LogP contribution in [0.15, 0.2) is 27.8 Å². The molecule has 19 nitrogen and oxygen atoms in total. The van der Waals surface area contributed by atoms with Crippen molar-refractivity contribution in [2.75, 3.05) is 20.3 Å². The van der Waals surface area contributed by atoms with E-state index in [0.29, 0.717) is 5.56 Å². The summed E-state index contributed by atoms with van der Waals surface area (Å²) >= 11 is 0. The second-order valence-corrected chi connectivity index (χ2v) is 10.5. The Balaban J connectivity index is 1.36. The maximum Gasteiger partial charge on any atom is 0.352 e. The van der Waals surface area contributed by atoms with Crippen LogP contribution in [0.25, 0.3) is 22.9 Å². The van der Waals surface area contributed by atoms with Crippen LogP contribution in [0.2, 0.25) is 0 Å². The first kappa shape index (κ1) is 32.8. The molecule has 4 aliphatic heterocycles. The smallest absolute Gasteiger partial charge is 0.352 e. The highest BCUT2D eigenvalue weighted by molar-refractivity contribution is 5.63. The van der Waals surface area contributed by atoms with E-state index in [4.69, 9.17) is 23.7 Å². The van der Waals surface area contributed by atoms with Crippen LogP contribution in [0, 0.1) is 0 Å². The van der Waals surface area contributed by atoms with Gasteiger partial charge in [-0.25, -0.2) is 14.5 Å². The quantitative estimate of drug-likeness (QED) is 0.122. The van der Waals surface area contributed by atoms with Crippen molar-refractivity contribution in [1.29, 1.82) is 0 Å². The van der Waals surface area contributed by atoms with Gasteiger partial charge in [0.15, 0.2) is 35.1 Å². The molecule has 2 saturated heterocycles. The molecule has 1 aromatic rings. The van der Waals surface area contributed by atoms with Crippen LogP contribution in [-0.4, -0.2) is 142 Å². The number of aromatic nitrogens is 5. The lowest BCUT2D eigenvalue weighted by Crippen LogP contribution is -2.65. The summed E-state index contributed by atoms with van der Waals surface area (Å²) in [6.07, 6.45) is -16.2. The molecule has 1 aromatic carbocycles. The summed E-state index contributed by atoms with van der Waals surface area (Å²) in [5, 5.41) is 75.8. The fraction of sp³-hybridized carbons (Fsp3) is 0.577. The molecule has 0 bridgehead atoms. The number of benzene rings is 1. The van der Waals surface area contributed by atoms with E-state index in [1.807, 2.05) is 0 Å². The molecule has 4 heterocycles. The molecule has 0 aromatic heterocycles. The van der Waals surface area contributed by atoms with Gasteiger partial charge in [0.25, 0.3) is 5.56 Å². The van der Waals surface area contributed by atoms with Crippen LogP contribution >= 0.6 is 0 Å². The molecule has 2 fully saturated rings. The Morgan fingerprint density at radius 1 is 0.844 bits per heavy atom. The average molecular weight is 640 g/mol. The standard InChI is InChI=1S/C26H33N5O14/c1-30-23(39)14-22(28-26(30)40)31(2)29-21(27-14)9-4-5-10(11(6-9)41-3)42-24-19(38)17(36)20(13(8-33)44-24)45-25-18(37)16(35)15(34)12(7-32)43-25/h4-6,12-13,15-20,24-25,32-38H,7-8H2,1-3H3/t12-,13-,15+,16+,17-,18-,19-,20-,24-,25+/m1/s1. The molecule has 0 amide bonds. The zero-order chi connectivity index (χ0) is 32.7. The van der Waals surface area contributed by atoms with Crippen molar-refractivity contribution in [3.63, 3.8) is 0 Å². The highest BCUT2D eigenvalue weighted by Gasteiger charge is 2.51. The number of rotatable bonds is 8. The predicted molar refractivity (Wildman–Crippen MR) is 146 cm³/mol. The van der Waals surface area contributed by atoms with Gasteiger partial charge >= 0.3 is 5.69 Å². The van der Waals surface area contributed by atoms with Gasteiger partial charge in [0.2, 0.25) is 6.29 Å². The Labute approximate surface area is 253 Å². The lowest BCUT2D eigenvalue weighted by molar-refractivity contribution is -0.352. The van der Waals surface area contributed by atoms with Gasteiger partial charge in [-0.05, 0) is 18.2 Å². The first-order valence-electron chi connectivity index (χ1n) is 13.7. The molecule has 7 N–H and O–H groups in total. The average Bonchev–Trinajstić information content (AvgIpc) is 3.03. The van der Waals surface area contributed by atoms with Crippen LogP contribution in [0.3, 0.4) is 0 Å². The topological polar surface area (TPSA) is 270 Å². The van der Waals surface area contributed by atoms with Crippen molar-refractivity contribution >= 4 is 0 Å². The Morgan fingerprint density at radius 2 is 1.51 bits per heavy atom. The van der Waals surface area contributed by atoms with E-state index in [0.717, 1.165) is 4.57 Å². The second kappa shape index (κ2) is 13.0. The normalized spacial score (nSPS) is 32.0. The monoisotopic (exact) mass is 639 g/mol. The van der Waals surface area contributed by atoms with E-state index >= 15 is 0 Å². The van der Waals surface area contributed by atoms with Gasteiger partial charge < -0.3 is 59.4 Å². The number of aliphatic hydroxyl groups excluding tert-OH is 7. The van der Waals surface area contributed by atoms with Gasteiger partial charge in [-0.2, -0.15) is 10.1 Å². The van der Waals surface area contributed by atoms with E-state index in [9.17, 15) is 45.3 Å². The van der Waals surface area contributed by atoms with E-state index in [2.05, 4.69) is 15.1 Å². The van der Waals surface area contributed by atoms with Gasteiger partial charge in [0.05, 0.1) is 20.3 Å². The lowest BCUT2D eigenvalue weighted by atomic mass is 9.97. The van der Waals surface area contributed by atoms with Gasteiger partial charge in [0, 0.05) is 19.7 Å². The van der Waals surface area contributed by atoms with Gasteiger partial charge in [-0.1, -0.05) is 0 Å². The minimum Gasteiger partial charge on any atom is -0.493 e. The van der Waals surface area contributed by atoms with Crippen LogP contribution in [-0.2, 0) is 28.3 Å². The molecule has 0 aliphatic carbocycles. The summed E-state index contributed by atoms with van der Waals surface area (Å²) in [6.45, 7) is -1.47. The van der Waals surface area contributed by atoms with Crippen LogP contribution in [0.5, 0.6) is 11.5 Å². The maximum absolute atomic E-state index is 12.6. The summed E-state index contributed by atoms with van der Waals surface area (Å²) in [4.78, 5) is 32.7. The van der Waals surface area contributed by atoms with E-state index in [1.165, 1.54) is 44.1 Å². The molecule has 10 atom stereocenters. The Morgan fingerprint density at radius 3 is 2.18 bits per heavy atom. The minimum atomic E-state index is -1.81. The molecule has 45 heavy (non-hydrogen) atoms. The molecular formula is C26H33N5O14. The molecule has 19 heteroatoms. The highest BCUT2D eigenvalue weighted by Crippen LogP contribution is 2.35. The molecule has 4 aliphatic rings. The third-order valence-electron chi connectivity index (χ3n) is 7.60. The number of aryl methyl sites for hydroxylation is 1. The van der Waals surface area contributed by atoms with Crippen LogP contribution in [0.4, 0.5) is 0 Å². The number of methoxy groups -OCH3 is 1. The molecule has 0 saturated carbocycles. The van der Waals surface area contributed by atoms with Crippen molar-refractivity contribution in [2.24, 2.45) is 14.1 Å². The SMILES string of the molecule is COc1cc(-c2nc3c(=O)n(C)c(=O)nc-3n(C)n2)ccc1O[C@@H]1O[C@H](CO)[C@@H](O[C@@H]2O[C@H](CO)[C@H](O)[C@H](O)[C@H]2O)[C@H](O)[C@H]1O. The van der Waals surface area contributed by atoms with E-state index in [-0.39, 0.29) is 28.8 Å². The first-order valence-corrected chi connectivity index (χ1v) is 13.7. The summed E-state index contributed by atoms with van der Waals surface area (Å²) in [5.41, 5.74) is -1.14. The summed E-state index contributed by atoms with van der Waals surface area (Å²) in [7, 11) is 4.10. The molecular weight excluding hydrogens is 606 g/mol. The summed E-state index contributed by atoms with van der Waals surface area (Å²) < 4.78 is 29.8. The number of aliphatic hydroxyl groups is 7. The highest BCUT2D eigenvalue weighted by atomic mass is 16.7. The predicted octanol–water partition coefficient (Wildman–Crippen LogP) is -4.95. The fourth-order valence-electron chi connectivity index (χ4n) is 5.01. The molecule has 0 unspecified atom stereocenters. The zero-order valence-corrected chi connectivity index (χ0v) is 24.1. The first-order chi connectivity index (χ1) is 21.4. The molecule has 5 rings (SSSR count). The Kier molecular flexibility index (Phi) is 9.46. The summed E-state index contributed by atoms with van der Waals surface area (Å²) in [5.74, 6) is 0.213. The molecule has 0 spiro atoms. The largest absolute Gasteiger partial charge is 0.493 e. The number of fused-ring (bicyclic) bond motifs is 1. The maximum atomic E-state index is 12.6. The van der Waals surface area contributed by atoms with E-state index < -0.39 is 85.9 Å². The third-order valence-corrected chi connectivity index (χ3v) is 7.60. The summed E-state index contributed by atoms with van der Waals surface area (Å²) in [6, 6.07) is 4.40. The minimum absolute atomic E-state index is 0.00646. The third kappa shape index (κ3) is 6.02. The fourth-order valence-corrected chi connectivity index (χ4v) is 5.01. The molecule has 246 valence electrons. The Hall–Kier alpha value is -3.63. The Bertz CT molecular complexity index is 1600. The zero-order valence-electron chi connectivity index (χ0n) is 24.1. The second-order valence-electron chi connectivity index (χ2n) is 10.5.